The fourth-order valence-corrected chi connectivity index (χ4v) is 2.70. The van der Waals surface area contributed by atoms with E-state index in [1.807, 2.05) is 68.4 Å². The number of rotatable bonds is 7. The highest BCUT2D eigenvalue weighted by Crippen LogP contribution is 2.19. The van der Waals surface area contributed by atoms with Gasteiger partial charge in [-0.15, -0.1) is 24.0 Å². The number of nitrogens with zero attached hydrogens (tertiary/aromatic N) is 4. The van der Waals surface area contributed by atoms with Gasteiger partial charge < -0.3 is 20.0 Å². The molecule has 3 aromatic rings. The van der Waals surface area contributed by atoms with E-state index < -0.39 is 0 Å². The molecule has 0 aliphatic carbocycles. The molecular weight excluding hydrogens is 491 g/mol. The third-order valence-corrected chi connectivity index (χ3v) is 4.28. The Kier molecular flexibility index (Phi) is 9.10. The van der Waals surface area contributed by atoms with Crippen LogP contribution in [-0.2, 0) is 13.1 Å². The Morgan fingerprint density at radius 3 is 2.50 bits per heavy atom. The predicted molar refractivity (Wildman–Crippen MR) is 132 cm³/mol. The Labute approximate surface area is 195 Å². The number of aliphatic imine (C=N–C) groups is 1. The standard InChI is InChI=1S/C22H28N6O.HI/c1-5-23-22(24-13-18-7-6-8-20(26-18)28(3)4)25-14-19-15-29-21(27-19)17-11-9-16(2)10-12-17;/h6-12,15H,5,13-14H2,1-4H3,(H2,23,24,25);1H. The van der Waals surface area contributed by atoms with E-state index >= 15 is 0 Å². The van der Waals surface area contributed by atoms with Crippen molar-refractivity contribution < 1.29 is 4.42 Å². The van der Waals surface area contributed by atoms with Crippen molar-refractivity contribution in [2.45, 2.75) is 26.9 Å². The molecule has 0 saturated heterocycles. The van der Waals surface area contributed by atoms with Crippen molar-refractivity contribution in [2.75, 3.05) is 25.5 Å². The number of hydrogen-bond acceptors (Lipinski definition) is 5. The first-order valence-electron chi connectivity index (χ1n) is 9.72. The summed E-state index contributed by atoms with van der Waals surface area (Å²) in [5, 5.41) is 6.57. The van der Waals surface area contributed by atoms with Gasteiger partial charge in [-0.05, 0) is 38.1 Å². The first-order chi connectivity index (χ1) is 14.0. The summed E-state index contributed by atoms with van der Waals surface area (Å²) in [6, 6.07) is 14.1. The molecule has 0 amide bonds. The lowest BCUT2D eigenvalue weighted by atomic mass is 10.1. The molecule has 0 unspecified atom stereocenters. The number of halogens is 1. The van der Waals surface area contributed by atoms with Crippen LogP contribution in [0.5, 0.6) is 0 Å². The van der Waals surface area contributed by atoms with E-state index in [0.717, 1.165) is 29.3 Å². The van der Waals surface area contributed by atoms with E-state index in [1.165, 1.54) is 5.56 Å². The molecule has 160 valence electrons. The molecular formula is C22H29IN6O. The number of oxazole rings is 1. The maximum absolute atomic E-state index is 5.61. The lowest BCUT2D eigenvalue weighted by Crippen LogP contribution is -2.37. The number of aromatic nitrogens is 2. The number of hydrogen-bond donors (Lipinski definition) is 2. The summed E-state index contributed by atoms with van der Waals surface area (Å²) in [4.78, 5) is 15.8. The zero-order chi connectivity index (χ0) is 20.6. The highest BCUT2D eigenvalue weighted by Gasteiger charge is 2.07. The molecule has 30 heavy (non-hydrogen) atoms. The minimum Gasteiger partial charge on any atom is -0.444 e. The summed E-state index contributed by atoms with van der Waals surface area (Å²) in [5.74, 6) is 2.25. The van der Waals surface area contributed by atoms with Crippen molar-refractivity contribution in [3.8, 4) is 11.5 Å². The van der Waals surface area contributed by atoms with Crippen LogP contribution in [0.25, 0.3) is 11.5 Å². The van der Waals surface area contributed by atoms with Crippen LogP contribution < -0.4 is 15.5 Å². The molecule has 0 aliphatic heterocycles. The van der Waals surface area contributed by atoms with Gasteiger partial charge in [-0.1, -0.05) is 23.8 Å². The van der Waals surface area contributed by atoms with Crippen LogP contribution in [-0.4, -0.2) is 36.6 Å². The van der Waals surface area contributed by atoms with Gasteiger partial charge in [-0.3, -0.25) is 0 Å². The largest absolute Gasteiger partial charge is 0.444 e. The zero-order valence-electron chi connectivity index (χ0n) is 17.8. The van der Waals surface area contributed by atoms with Crippen LogP contribution in [0.4, 0.5) is 5.82 Å². The SMILES string of the molecule is CCNC(=NCc1coc(-c2ccc(C)cc2)n1)NCc1cccc(N(C)C)n1.I. The summed E-state index contributed by atoms with van der Waals surface area (Å²) in [6.45, 7) is 5.87. The molecule has 3 rings (SSSR count). The van der Waals surface area contributed by atoms with Gasteiger partial charge in [0.1, 0.15) is 17.8 Å². The van der Waals surface area contributed by atoms with Crippen LogP contribution in [0.3, 0.4) is 0 Å². The second kappa shape index (κ2) is 11.5. The third-order valence-electron chi connectivity index (χ3n) is 4.28. The van der Waals surface area contributed by atoms with Crippen molar-refractivity contribution in [1.29, 1.82) is 0 Å². The van der Waals surface area contributed by atoms with Gasteiger partial charge in [0.2, 0.25) is 5.89 Å². The second-order valence-corrected chi connectivity index (χ2v) is 6.94. The molecule has 2 N–H and O–H groups in total. The molecule has 0 fully saturated rings. The number of pyridine rings is 1. The van der Waals surface area contributed by atoms with Gasteiger partial charge in [0.25, 0.3) is 0 Å². The Morgan fingerprint density at radius 1 is 1.03 bits per heavy atom. The normalized spacial score (nSPS) is 11.0. The smallest absolute Gasteiger partial charge is 0.226 e. The number of anilines is 1. The molecule has 0 saturated carbocycles. The molecule has 0 aliphatic rings. The molecule has 8 heteroatoms. The van der Waals surface area contributed by atoms with E-state index in [9.17, 15) is 0 Å². The topological polar surface area (TPSA) is 78.6 Å². The highest BCUT2D eigenvalue weighted by atomic mass is 127. The number of guanidine groups is 1. The van der Waals surface area contributed by atoms with Crippen LogP contribution in [0, 0.1) is 6.92 Å². The average molecular weight is 520 g/mol. The number of nitrogens with one attached hydrogen (secondary N) is 2. The molecule has 0 spiro atoms. The molecule has 1 aromatic carbocycles. The molecule has 7 nitrogen and oxygen atoms in total. The van der Waals surface area contributed by atoms with Gasteiger partial charge >= 0.3 is 0 Å². The van der Waals surface area contributed by atoms with E-state index in [2.05, 4.69) is 32.5 Å². The molecule has 2 heterocycles. The maximum atomic E-state index is 5.61. The summed E-state index contributed by atoms with van der Waals surface area (Å²) < 4.78 is 5.61. The van der Waals surface area contributed by atoms with Gasteiger partial charge in [-0.2, -0.15) is 0 Å². The van der Waals surface area contributed by atoms with Gasteiger partial charge in [0, 0.05) is 26.2 Å². The molecule has 0 radical (unpaired) electrons. The van der Waals surface area contributed by atoms with Crippen molar-refractivity contribution in [3.63, 3.8) is 0 Å². The van der Waals surface area contributed by atoms with Gasteiger partial charge in [-0.25, -0.2) is 15.0 Å². The van der Waals surface area contributed by atoms with Crippen LogP contribution in [0.2, 0.25) is 0 Å². The fourth-order valence-electron chi connectivity index (χ4n) is 2.70. The lowest BCUT2D eigenvalue weighted by Gasteiger charge is -2.14. The lowest BCUT2D eigenvalue weighted by molar-refractivity contribution is 0.572. The first-order valence-corrected chi connectivity index (χ1v) is 9.72. The average Bonchev–Trinajstić information content (AvgIpc) is 3.20. The number of benzene rings is 1. The fraction of sp³-hybridized carbons (Fsp3) is 0.318. The van der Waals surface area contributed by atoms with Gasteiger partial charge in [0.05, 0.1) is 18.8 Å². The molecule has 2 aromatic heterocycles. The van der Waals surface area contributed by atoms with Gasteiger partial charge in [0.15, 0.2) is 5.96 Å². The summed E-state index contributed by atoms with van der Waals surface area (Å²) in [7, 11) is 3.96. The minimum atomic E-state index is 0. The van der Waals surface area contributed by atoms with E-state index in [0.29, 0.717) is 24.9 Å². The monoisotopic (exact) mass is 520 g/mol. The molecule has 0 bridgehead atoms. The van der Waals surface area contributed by atoms with Crippen LogP contribution >= 0.6 is 24.0 Å². The van der Waals surface area contributed by atoms with Crippen molar-refractivity contribution in [1.82, 2.24) is 20.6 Å². The van der Waals surface area contributed by atoms with E-state index in [-0.39, 0.29) is 24.0 Å². The van der Waals surface area contributed by atoms with Crippen molar-refractivity contribution >= 4 is 35.8 Å². The Hall–Kier alpha value is -2.62. The number of aryl methyl sites for hydroxylation is 1. The summed E-state index contributed by atoms with van der Waals surface area (Å²) in [6.07, 6.45) is 1.66. The Morgan fingerprint density at radius 2 is 1.80 bits per heavy atom. The van der Waals surface area contributed by atoms with Crippen LogP contribution in [0.15, 0.2) is 58.1 Å². The third kappa shape index (κ3) is 6.72. The van der Waals surface area contributed by atoms with Crippen molar-refractivity contribution in [2.24, 2.45) is 4.99 Å². The van der Waals surface area contributed by atoms with Crippen LogP contribution in [0.1, 0.15) is 23.9 Å². The second-order valence-electron chi connectivity index (χ2n) is 6.94. The Bertz CT molecular complexity index is 952. The summed E-state index contributed by atoms with van der Waals surface area (Å²) >= 11 is 0. The molecule has 0 atom stereocenters. The zero-order valence-corrected chi connectivity index (χ0v) is 20.2. The predicted octanol–water partition coefficient (Wildman–Crippen LogP) is 3.98. The minimum absolute atomic E-state index is 0. The van der Waals surface area contributed by atoms with E-state index in [4.69, 9.17) is 4.42 Å². The Balaban J connectivity index is 0.00000320. The van der Waals surface area contributed by atoms with E-state index in [1.54, 1.807) is 6.26 Å². The highest BCUT2D eigenvalue weighted by molar-refractivity contribution is 14.0. The summed E-state index contributed by atoms with van der Waals surface area (Å²) in [5.41, 5.74) is 3.90. The first kappa shape index (κ1) is 23.7. The van der Waals surface area contributed by atoms with Crippen molar-refractivity contribution in [3.05, 3.63) is 65.7 Å². The maximum Gasteiger partial charge on any atom is 0.226 e. The quantitative estimate of drug-likeness (QED) is 0.279.